The summed E-state index contributed by atoms with van der Waals surface area (Å²) >= 11 is 0. The van der Waals surface area contributed by atoms with E-state index < -0.39 is 0 Å². The van der Waals surface area contributed by atoms with Gasteiger partial charge in [0.15, 0.2) is 5.65 Å². The zero-order chi connectivity index (χ0) is 23.4. The number of amides is 1. The first kappa shape index (κ1) is 22.7. The molecule has 1 saturated carbocycles. The van der Waals surface area contributed by atoms with E-state index in [-0.39, 0.29) is 24.0 Å². The number of methoxy groups -OCH3 is 1. The maximum absolute atomic E-state index is 13.4. The minimum atomic E-state index is -0.219. The molecule has 1 aliphatic rings. The maximum atomic E-state index is 13.4. The molecule has 1 amide bonds. The Hall–Kier alpha value is -3.49. The van der Waals surface area contributed by atoms with E-state index in [4.69, 9.17) is 4.74 Å². The third kappa shape index (κ3) is 4.81. The fourth-order valence-corrected chi connectivity index (χ4v) is 4.38. The third-order valence-electron chi connectivity index (χ3n) is 6.35. The van der Waals surface area contributed by atoms with Crippen LogP contribution < -0.4 is 15.4 Å². The number of rotatable bonds is 8. The molecule has 9 nitrogen and oxygen atoms in total. The van der Waals surface area contributed by atoms with E-state index in [0.29, 0.717) is 12.1 Å². The molecule has 1 aromatic carbocycles. The Bertz CT molecular complexity index is 1140. The van der Waals surface area contributed by atoms with Crippen molar-refractivity contribution in [3.05, 3.63) is 52.7 Å². The summed E-state index contributed by atoms with van der Waals surface area (Å²) in [5.41, 5.74) is 2.89. The van der Waals surface area contributed by atoms with Crippen molar-refractivity contribution < 1.29 is 9.53 Å². The van der Waals surface area contributed by atoms with Crippen LogP contribution in [0.5, 0.6) is 5.75 Å². The molecule has 0 radical (unpaired) electrons. The molecule has 0 aliphatic heterocycles. The van der Waals surface area contributed by atoms with Gasteiger partial charge in [-0.05, 0) is 57.2 Å². The lowest BCUT2D eigenvalue weighted by atomic mass is 9.91. The standard InChI is InChI=1S/C24H30N6O3/c1-4-30-23-20(14-26-30)22(28-17-8-10-18(29-32)11-9-17)21(13-25-23)24(31)27-15(2)16-6-5-7-19(12-16)33-3/h5-7,12-15,17-18H,4,8-11H2,1-3H3,(H,25,28)(H,27,31)/t15-,17?,18?/m1/s1. The zero-order valence-corrected chi connectivity index (χ0v) is 19.2. The smallest absolute Gasteiger partial charge is 0.255 e. The average molecular weight is 451 g/mol. The fraction of sp³-hybridized carbons (Fsp3) is 0.458. The number of aromatic nitrogens is 3. The van der Waals surface area contributed by atoms with E-state index in [1.165, 1.54) is 0 Å². The fourth-order valence-electron chi connectivity index (χ4n) is 4.38. The van der Waals surface area contributed by atoms with Gasteiger partial charge in [-0.15, -0.1) is 0 Å². The number of carbonyl (C=O) groups excluding carboxylic acids is 1. The molecule has 9 heteroatoms. The highest BCUT2D eigenvalue weighted by Gasteiger charge is 2.25. The van der Waals surface area contributed by atoms with Crippen molar-refractivity contribution >= 4 is 22.6 Å². The van der Waals surface area contributed by atoms with E-state index in [1.54, 1.807) is 19.5 Å². The Balaban J connectivity index is 1.62. The van der Waals surface area contributed by atoms with Crippen molar-refractivity contribution in [2.24, 2.45) is 5.18 Å². The molecule has 1 fully saturated rings. The lowest BCUT2D eigenvalue weighted by Gasteiger charge is -2.27. The van der Waals surface area contributed by atoms with Gasteiger partial charge >= 0.3 is 0 Å². The predicted octanol–water partition coefficient (Wildman–Crippen LogP) is 4.44. The van der Waals surface area contributed by atoms with E-state index in [0.717, 1.165) is 53.7 Å². The van der Waals surface area contributed by atoms with Crippen LogP contribution in [0.3, 0.4) is 0 Å². The van der Waals surface area contributed by atoms with Crippen LogP contribution in [-0.2, 0) is 6.54 Å². The lowest BCUT2D eigenvalue weighted by Crippen LogP contribution is -2.31. The number of hydrogen-bond donors (Lipinski definition) is 2. The van der Waals surface area contributed by atoms with Crippen molar-refractivity contribution in [2.75, 3.05) is 12.4 Å². The monoisotopic (exact) mass is 450 g/mol. The van der Waals surface area contributed by atoms with Crippen LogP contribution in [0, 0.1) is 4.91 Å². The number of nitrogens with one attached hydrogen (secondary N) is 2. The van der Waals surface area contributed by atoms with Crippen molar-refractivity contribution in [1.29, 1.82) is 0 Å². The number of fused-ring (bicyclic) bond motifs is 1. The van der Waals surface area contributed by atoms with Gasteiger partial charge in [0.1, 0.15) is 5.75 Å². The van der Waals surface area contributed by atoms with Gasteiger partial charge in [0.2, 0.25) is 0 Å². The lowest BCUT2D eigenvalue weighted by molar-refractivity contribution is 0.0940. The molecule has 2 heterocycles. The number of nitroso groups, excluding NO2 is 1. The number of aryl methyl sites for hydroxylation is 1. The van der Waals surface area contributed by atoms with Gasteiger partial charge in [-0.3, -0.25) is 4.79 Å². The van der Waals surface area contributed by atoms with Gasteiger partial charge in [-0.1, -0.05) is 17.3 Å². The SMILES string of the molecule is CCn1ncc2c(NC3CCC(N=O)CC3)c(C(=O)N[C@H](C)c3cccc(OC)c3)cnc21. The number of pyridine rings is 1. The van der Waals surface area contributed by atoms with E-state index in [2.05, 4.69) is 25.9 Å². The minimum Gasteiger partial charge on any atom is -0.497 e. The largest absolute Gasteiger partial charge is 0.497 e. The molecule has 2 N–H and O–H groups in total. The van der Waals surface area contributed by atoms with Gasteiger partial charge in [0.05, 0.1) is 42.0 Å². The second kappa shape index (κ2) is 9.97. The molecule has 174 valence electrons. The number of carbonyl (C=O) groups is 1. The molecule has 2 aromatic heterocycles. The highest BCUT2D eigenvalue weighted by Crippen LogP contribution is 2.31. The van der Waals surface area contributed by atoms with Gasteiger partial charge in [0.25, 0.3) is 5.91 Å². The Kier molecular flexibility index (Phi) is 6.86. The van der Waals surface area contributed by atoms with Crippen molar-refractivity contribution in [3.63, 3.8) is 0 Å². The van der Waals surface area contributed by atoms with Crippen LogP contribution in [0.2, 0.25) is 0 Å². The van der Waals surface area contributed by atoms with Crippen molar-refractivity contribution in [3.8, 4) is 5.75 Å². The summed E-state index contributed by atoms with van der Waals surface area (Å²) in [4.78, 5) is 28.8. The predicted molar refractivity (Wildman–Crippen MR) is 128 cm³/mol. The normalized spacial score (nSPS) is 19.1. The molecule has 3 aromatic rings. The van der Waals surface area contributed by atoms with Gasteiger partial charge in [-0.2, -0.15) is 10.0 Å². The first-order chi connectivity index (χ1) is 16.0. The first-order valence-electron chi connectivity index (χ1n) is 11.4. The summed E-state index contributed by atoms with van der Waals surface area (Å²) in [5, 5.41) is 15.1. The molecular formula is C24H30N6O3. The number of ether oxygens (including phenoxy) is 1. The van der Waals surface area contributed by atoms with Gasteiger partial charge in [-0.25, -0.2) is 9.67 Å². The number of benzene rings is 1. The molecule has 0 saturated heterocycles. The molecular weight excluding hydrogens is 420 g/mol. The van der Waals surface area contributed by atoms with Crippen LogP contribution in [0.15, 0.2) is 41.8 Å². The highest BCUT2D eigenvalue weighted by atomic mass is 16.5. The molecule has 0 spiro atoms. The van der Waals surface area contributed by atoms with Crippen LogP contribution in [0.4, 0.5) is 5.69 Å². The summed E-state index contributed by atoms with van der Waals surface area (Å²) in [5.74, 6) is 0.529. The summed E-state index contributed by atoms with van der Waals surface area (Å²) in [6, 6.07) is 7.47. The topological polar surface area (TPSA) is 110 Å². The zero-order valence-electron chi connectivity index (χ0n) is 19.2. The van der Waals surface area contributed by atoms with Crippen molar-refractivity contribution in [2.45, 2.75) is 64.2 Å². The highest BCUT2D eigenvalue weighted by molar-refractivity contribution is 6.06. The number of hydrogen-bond acceptors (Lipinski definition) is 7. The van der Waals surface area contributed by atoms with Crippen LogP contribution in [-0.4, -0.2) is 39.9 Å². The Morgan fingerprint density at radius 3 is 2.76 bits per heavy atom. The van der Waals surface area contributed by atoms with E-state index in [9.17, 15) is 9.70 Å². The summed E-state index contributed by atoms with van der Waals surface area (Å²) in [6.07, 6.45) is 6.52. The quantitative estimate of drug-likeness (QED) is 0.491. The average Bonchev–Trinajstić information content (AvgIpc) is 3.28. The van der Waals surface area contributed by atoms with Crippen LogP contribution in [0.25, 0.3) is 11.0 Å². The Morgan fingerprint density at radius 1 is 1.27 bits per heavy atom. The second-order valence-electron chi connectivity index (χ2n) is 8.47. The molecule has 0 bridgehead atoms. The van der Waals surface area contributed by atoms with Gasteiger partial charge < -0.3 is 15.4 Å². The number of anilines is 1. The molecule has 1 atom stereocenters. The maximum Gasteiger partial charge on any atom is 0.255 e. The molecule has 33 heavy (non-hydrogen) atoms. The van der Waals surface area contributed by atoms with E-state index in [1.807, 2.05) is 42.8 Å². The molecule has 1 aliphatic carbocycles. The van der Waals surface area contributed by atoms with Crippen molar-refractivity contribution in [1.82, 2.24) is 20.1 Å². The van der Waals surface area contributed by atoms with Crippen LogP contribution in [0.1, 0.15) is 61.5 Å². The number of nitrogens with zero attached hydrogens (tertiary/aromatic N) is 4. The third-order valence-corrected chi connectivity index (χ3v) is 6.35. The summed E-state index contributed by atoms with van der Waals surface area (Å²) in [6.45, 7) is 4.63. The first-order valence-corrected chi connectivity index (χ1v) is 11.4. The summed E-state index contributed by atoms with van der Waals surface area (Å²) in [7, 11) is 1.62. The Labute approximate surface area is 192 Å². The van der Waals surface area contributed by atoms with E-state index >= 15 is 0 Å². The molecule has 0 unspecified atom stereocenters. The Morgan fingerprint density at radius 2 is 2.06 bits per heavy atom. The minimum absolute atomic E-state index is 0.116. The van der Waals surface area contributed by atoms with Gasteiger partial charge in [0, 0.05) is 18.8 Å². The second-order valence-corrected chi connectivity index (χ2v) is 8.47. The molecule has 4 rings (SSSR count). The van der Waals surface area contributed by atoms with Crippen LogP contribution >= 0.6 is 0 Å². The summed E-state index contributed by atoms with van der Waals surface area (Å²) < 4.78 is 7.12.